The van der Waals surface area contributed by atoms with E-state index in [1.54, 1.807) is 6.92 Å². The van der Waals surface area contributed by atoms with E-state index in [2.05, 4.69) is 38.2 Å². The number of rotatable bonds is 5. The van der Waals surface area contributed by atoms with Gasteiger partial charge in [-0.3, -0.25) is 14.8 Å². The lowest BCUT2D eigenvalue weighted by atomic mass is 9.96. The van der Waals surface area contributed by atoms with E-state index in [-0.39, 0.29) is 5.56 Å². The summed E-state index contributed by atoms with van der Waals surface area (Å²) in [6.45, 7) is 5.24. The molecule has 2 N–H and O–H groups in total. The van der Waals surface area contributed by atoms with Crippen LogP contribution in [0.5, 0.6) is 0 Å². The molecule has 146 valence electrons. The Hall–Kier alpha value is -2.73. The van der Waals surface area contributed by atoms with Crippen LogP contribution in [0.1, 0.15) is 46.6 Å². The van der Waals surface area contributed by atoms with E-state index in [0.717, 1.165) is 48.4 Å². The van der Waals surface area contributed by atoms with Crippen LogP contribution >= 0.6 is 0 Å². The average Bonchev–Trinajstić information content (AvgIpc) is 3.09. The molecule has 0 saturated carbocycles. The number of H-pyrrole nitrogens is 2. The second-order valence-electron chi connectivity index (χ2n) is 7.79. The molecule has 1 aromatic carbocycles. The molecule has 0 saturated heterocycles. The van der Waals surface area contributed by atoms with E-state index in [9.17, 15) is 4.79 Å². The van der Waals surface area contributed by atoms with E-state index in [4.69, 9.17) is 0 Å². The molecular formula is C22H27N5O. The van der Waals surface area contributed by atoms with Gasteiger partial charge in [0.1, 0.15) is 5.82 Å². The Kier molecular flexibility index (Phi) is 5.13. The molecule has 1 aliphatic carbocycles. The maximum absolute atomic E-state index is 12.2. The van der Waals surface area contributed by atoms with Gasteiger partial charge in [0.05, 0.1) is 5.69 Å². The average molecular weight is 377 g/mol. The quantitative estimate of drug-likeness (QED) is 0.715. The van der Waals surface area contributed by atoms with Gasteiger partial charge in [-0.1, -0.05) is 24.3 Å². The van der Waals surface area contributed by atoms with Gasteiger partial charge in [0.2, 0.25) is 0 Å². The summed E-state index contributed by atoms with van der Waals surface area (Å²) in [5.41, 5.74) is 7.35. The van der Waals surface area contributed by atoms with Crippen LogP contribution < -0.4 is 5.56 Å². The molecule has 3 aromatic rings. The molecule has 6 nitrogen and oxygen atoms in total. The molecule has 0 aliphatic heterocycles. The highest BCUT2D eigenvalue weighted by Crippen LogP contribution is 2.25. The number of aromatic nitrogens is 4. The first-order chi connectivity index (χ1) is 13.5. The van der Waals surface area contributed by atoms with E-state index < -0.39 is 0 Å². The molecule has 2 aromatic heterocycles. The molecule has 1 aliphatic rings. The third-order valence-corrected chi connectivity index (χ3v) is 5.67. The zero-order chi connectivity index (χ0) is 19.7. The van der Waals surface area contributed by atoms with Crippen molar-refractivity contribution in [1.29, 1.82) is 0 Å². The van der Waals surface area contributed by atoms with Gasteiger partial charge in [0.25, 0.3) is 5.56 Å². The molecule has 2 heterocycles. The monoisotopic (exact) mass is 377 g/mol. The molecule has 0 bridgehead atoms. The number of fused-ring (bicyclic) bond motifs is 1. The lowest BCUT2D eigenvalue weighted by molar-refractivity contribution is 0.314. The number of hydrogen-bond acceptors (Lipinski definition) is 4. The predicted molar refractivity (Wildman–Crippen MR) is 110 cm³/mol. The van der Waals surface area contributed by atoms with Crippen molar-refractivity contribution in [3.8, 4) is 11.4 Å². The van der Waals surface area contributed by atoms with Crippen molar-refractivity contribution in [3.63, 3.8) is 0 Å². The highest BCUT2D eigenvalue weighted by Gasteiger charge is 2.18. The van der Waals surface area contributed by atoms with Crippen molar-refractivity contribution in [2.45, 2.75) is 52.6 Å². The fourth-order valence-corrected chi connectivity index (χ4v) is 3.94. The number of hydrogen-bond donors (Lipinski definition) is 2. The number of aromatic amines is 2. The Balaban J connectivity index is 1.57. The first-order valence-electron chi connectivity index (χ1n) is 9.92. The van der Waals surface area contributed by atoms with Gasteiger partial charge in [0.15, 0.2) is 0 Å². The molecule has 0 atom stereocenters. The highest BCUT2D eigenvalue weighted by atomic mass is 16.1. The van der Waals surface area contributed by atoms with Crippen LogP contribution in [0.3, 0.4) is 0 Å². The normalized spacial score (nSPS) is 13.7. The summed E-state index contributed by atoms with van der Waals surface area (Å²) in [7, 11) is 2.11. The van der Waals surface area contributed by atoms with Crippen molar-refractivity contribution >= 4 is 0 Å². The Labute approximate surface area is 165 Å². The maximum Gasteiger partial charge on any atom is 0.254 e. The van der Waals surface area contributed by atoms with Crippen LogP contribution in [0.4, 0.5) is 0 Å². The largest absolute Gasteiger partial charge is 0.306 e. The molecule has 28 heavy (non-hydrogen) atoms. The van der Waals surface area contributed by atoms with Gasteiger partial charge >= 0.3 is 0 Å². The van der Waals surface area contributed by atoms with E-state index >= 15 is 0 Å². The molecule has 6 heteroatoms. The lowest BCUT2D eigenvalue weighted by Crippen LogP contribution is -2.20. The molecule has 0 radical (unpaired) electrons. The topological polar surface area (TPSA) is 77.7 Å². The van der Waals surface area contributed by atoms with Crippen LogP contribution in [0.15, 0.2) is 29.1 Å². The summed E-state index contributed by atoms with van der Waals surface area (Å²) < 4.78 is 0. The molecule has 0 fully saturated rings. The SMILES string of the molecule is Cc1nc(-c2ccccc2CN(C)Cc2n[nH]c3c2CCCC3)[nH]c(=O)c1C. The smallest absolute Gasteiger partial charge is 0.254 e. The molecule has 0 spiro atoms. The summed E-state index contributed by atoms with van der Waals surface area (Å²) >= 11 is 0. The fraction of sp³-hybridized carbons (Fsp3) is 0.409. The first-order valence-corrected chi connectivity index (χ1v) is 9.92. The third-order valence-electron chi connectivity index (χ3n) is 5.67. The minimum absolute atomic E-state index is 0.0752. The van der Waals surface area contributed by atoms with E-state index in [1.807, 2.05) is 25.1 Å². The second kappa shape index (κ2) is 7.72. The van der Waals surface area contributed by atoms with Crippen LogP contribution in [0.2, 0.25) is 0 Å². The molecular weight excluding hydrogens is 350 g/mol. The minimum Gasteiger partial charge on any atom is -0.306 e. The van der Waals surface area contributed by atoms with E-state index in [0.29, 0.717) is 11.4 Å². The zero-order valence-corrected chi connectivity index (χ0v) is 16.8. The standard InChI is InChI=1S/C22H27N5O/c1-14-15(2)23-21(24-22(14)28)17-9-5-4-8-16(17)12-27(3)13-20-18-10-6-7-11-19(18)25-26-20/h4-5,8-9H,6-7,10-13H2,1-3H3,(H,25,26)(H,23,24,28). The Morgan fingerprint density at radius 3 is 2.71 bits per heavy atom. The van der Waals surface area contributed by atoms with Crippen molar-refractivity contribution in [1.82, 2.24) is 25.1 Å². The summed E-state index contributed by atoms with van der Waals surface area (Å²) in [6, 6.07) is 8.13. The van der Waals surface area contributed by atoms with Gasteiger partial charge in [0, 0.05) is 35.6 Å². The van der Waals surface area contributed by atoms with Crippen LogP contribution in [0, 0.1) is 13.8 Å². The van der Waals surface area contributed by atoms with Gasteiger partial charge in [-0.15, -0.1) is 0 Å². The van der Waals surface area contributed by atoms with Crippen LogP contribution in [-0.2, 0) is 25.9 Å². The second-order valence-corrected chi connectivity index (χ2v) is 7.79. The molecule has 0 unspecified atom stereocenters. The summed E-state index contributed by atoms with van der Waals surface area (Å²) in [5, 5.41) is 7.79. The van der Waals surface area contributed by atoms with Crippen molar-refractivity contribution < 1.29 is 0 Å². The van der Waals surface area contributed by atoms with E-state index in [1.165, 1.54) is 24.1 Å². The number of nitrogens with one attached hydrogen (secondary N) is 2. The molecule has 4 rings (SSSR count). The summed E-state index contributed by atoms with van der Waals surface area (Å²) in [5.74, 6) is 0.634. The maximum atomic E-state index is 12.2. The Bertz CT molecular complexity index is 1050. The third kappa shape index (κ3) is 3.64. The van der Waals surface area contributed by atoms with Gasteiger partial charge < -0.3 is 4.98 Å². The lowest BCUT2D eigenvalue weighted by Gasteiger charge is -2.19. The van der Waals surface area contributed by atoms with Gasteiger partial charge in [-0.2, -0.15) is 5.10 Å². The Morgan fingerprint density at radius 1 is 1.11 bits per heavy atom. The Morgan fingerprint density at radius 2 is 1.89 bits per heavy atom. The summed E-state index contributed by atoms with van der Waals surface area (Å²) in [4.78, 5) is 22.0. The van der Waals surface area contributed by atoms with Crippen molar-refractivity contribution in [2.24, 2.45) is 0 Å². The van der Waals surface area contributed by atoms with Gasteiger partial charge in [-0.05, 0) is 57.7 Å². The number of nitrogens with zero attached hydrogens (tertiary/aromatic N) is 3. The molecule has 0 amide bonds. The number of aryl methyl sites for hydroxylation is 2. The minimum atomic E-state index is -0.0752. The first kappa shape index (κ1) is 18.6. The van der Waals surface area contributed by atoms with Crippen LogP contribution in [-0.4, -0.2) is 32.1 Å². The van der Waals surface area contributed by atoms with Crippen molar-refractivity contribution in [2.75, 3.05) is 7.05 Å². The fourth-order valence-electron chi connectivity index (χ4n) is 3.94. The zero-order valence-electron chi connectivity index (χ0n) is 16.8. The predicted octanol–water partition coefficient (Wildman–Crippen LogP) is 3.29. The van der Waals surface area contributed by atoms with Crippen LogP contribution in [0.25, 0.3) is 11.4 Å². The van der Waals surface area contributed by atoms with Gasteiger partial charge in [-0.25, -0.2) is 4.98 Å². The van der Waals surface area contributed by atoms with Crippen molar-refractivity contribution in [3.05, 3.63) is 68.4 Å². The highest BCUT2D eigenvalue weighted by molar-refractivity contribution is 5.60. The number of benzene rings is 1. The summed E-state index contributed by atoms with van der Waals surface area (Å²) in [6.07, 6.45) is 4.73.